The number of carbonyl (C=O) groups is 1. The van der Waals surface area contributed by atoms with E-state index in [9.17, 15) is 9.90 Å². The first-order valence-electron chi connectivity index (χ1n) is 7.68. The summed E-state index contributed by atoms with van der Waals surface area (Å²) in [4.78, 5) is 11.3. The summed E-state index contributed by atoms with van der Waals surface area (Å²) in [6, 6.07) is 16.3. The van der Waals surface area contributed by atoms with Crippen LogP contribution in [0.25, 0.3) is 0 Å². The largest absolute Gasteiger partial charge is 0.481 e. The minimum atomic E-state index is -0.757. The van der Waals surface area contributed by atoms with Gasteiger partial charge in [-0.05, 0) is 30.0 Å². The standard InChI is InChI=1S/C19H23NO2/c1-3-18(19(21)22)17-6-4-5-16(11-17)13-20-12-15-9-7-14(2)8-10-15/h4-11,18,20H,3,12-13H2,1-2H3,(H,21,22). The molecule has 1 unspecified atom stereocenters. The predicted molar refractivity (Wildman–Crippen MR) is 88.8 cm³/mol. The van der Waals surface area contributed by atoms with Crippen LogP contribution in [0, 0.1) is 6.92 Å². The smallest absolute Gasteiger partial charge is 0.310 e. The fourth-order valence-corrected chi connectivity index (χ4v) is 2.53. The van der Waals surface area contributed by atoms with Crippen molar-refractivity contribution in [3.8, 4) is 0 Å². The van der Waals surface area contributed by atoms with Gasteiger partial charge in [-0.3, -0.25) is 4.79 Å². The monoisotopic (exact) mass is 297 g/mol. The maximum atomic E-state index is 11.3. The van der Waals surface area contributed by atoms with Crippen LogP contribution < -0.4 is 5.32 Å². The van der Waals surface area contributed by atoms with Crippen LogP contribution in [0.15, 0.2) is 48.5 Å². The van der Waals surface area contributed by atoms with Crippen LogP contribution in [0.3, 0.4) is 0 Å². The fourth-order valence-electron chi connectivity index (χ4n) is 2.53. The highest BCUT2D eigenvalue weighted by Gasteiger charge is 2.17. The molecule has 0 radical (unpaired) electrons. The minimum Gasteiger partial charge on any atom is -0.481 e. The first-order chi connectivity index (χ1) is 10.6. The number of hydrogen-bond donors (Lipinski definition) is 2. The van der Waals surface area contributed by atoms with Crippen molar-refractivity contribution in [3.05, 3.63) is 70.8 Å². The van der Waals surface area contributed by atoms with Crippen LogP contribution in [0.1, 0.15) is 41.5 Å². The highest BCUT2D eigenvalue weighted by Crippen LogP contribution is 2.20. The molecule has 116 valence electrons. The van der Waals surface area contributed by atoms with E-state index in [-0.39, 0.29) is 0 Å². The molecular formula is C19H23NO2. The number of aliphatic carboxylic acids is 1. The van der Waals surface area contributed by atoms with Crippen molar-refractivity contribution in [2.75, 3.05) is 0 Å². The Morgan fingerprint density at radius 2 is 1.77 bits per heavy atom. The fraction of sp³-hybridized carbons (Fsp3) is 0.316. The maximum absolute atomic E-state index is 11.3. The molecule has 0 bridgehead atoms. The van der Waals surface area contributed by atoms with E-state index >= 15 is 0 Å². The number of hydrogen-bond acceptors (Lipinski definition) is 2. The molecule has 2 aromatic rings. The zero-order valence-corrected chi connectivity index (χ0v) is 13.2. The van der Waals surface area contributed by atoms with Crippen molar-refractivity contribution < 1.29 is 9.90 Å². The number of nitrogens with one attached hydrogen (secondary N) is 1. The van der Waals surface area contributed by atoms with Crippen LogP contribution in [0.2, 0.25) is 0 Å². The van der Waals surface area contributed by atoms with Gasteiger partial charge in [-0.1, -0.05) is 61.0 Å². The molecule has 3 nitrogen and oxygen atoms in total. The second-order valence-electron chi connectivity index (χ2n) is 5.63. The summed E-state index contributed by atoms with van der Waals surface area (Å²) in [5.74, 6) is -1.18. The molecule has 2 aromatic carbocycles. The molecule has 22 heavy (non-hydrogen) atoms. The summed E-state index contributed by atoms with van der Waals surface area (Å²) in [5.41, 5.74) is 4.50. The Balaban J connectivity index is 1.95. The lowest BCUT2D eigenvalue weighted by Gasteiger charge is -2.12. The number of aryl methyl sites for hydroxylation is 1. The minimum absolute atomic E-state index is 0.419. The third-order valence-corrected chi connectivity index (χ3v) is 3.84. The van der Waals surface area contributed by atoms with Gasteiger partial charge in [0.15, 0.2) is 0 Å². The van der Waals surface area contributed by atoms with Crippen LogP contribution in [0.4, 0.5) is 0 Å². The van der Waals surface area contributed by atoms with Crippen molar-refractivity contribution >= 4 is 5.97 Å². The summed E-state index contributed by atoms with van der Waals surface area (Å²) in [6.45, 7) is 5.52. The van der Waals surface area contributed by atoms with Gasteiger partial charge in [-0.25, -0.2) is 0 Å². The Morgan fingerprint density at radius 1 is 1.09 bits per heavy atom. The molecule has 0 aliphatic carbocycles. The number of carboxylic acid groups (broad SMARTS) is 1. The van der Waals surface area contributed by atoms with Gasteiger partial charge in [0.1, 0.15) is 0 Å². The molecule has 2 rings (SSSR count). The van der Waals surface area contributed by atoms with E-state index in [1.165, 1.54) is 11.1 Å². The van der Waals surface area contributed by atoms with E-state index in [0.717, 1.165) is 24.2 Å². The van der Waals surface area contributed by atoms with Crippen LogP contribution in [-0.2, 0) is 17.9 Å². The van der Waals surface area contributed by atoms with Crippen LogP contribution >= 0.6 is 0 Å². The van der Waals surface area contributed by atoms with Gasteiger partial charge in [-0.2, -0.15) is 0 Å². The second-order valence-corrected chi connectivity index (χ2v) is 5.63. The average Bonchev–Trinajstić information content (AvgIpc) is 2.50. The molecule has 2 N–H and O–H groups in total. The molecule has 0 spiro atoms. The van der Waals surface area contributed by atoms with Gasteiger partial charge in [0.2, 0.25) is 0 Å². The summed E-state index contributed by atoms with van der Waals surface area (Å²) in [7, 11) is 0. The average molecular weight is 297 g/mol. The zero-order valence-electron chi connectivity index (χ0n) is 13.2. The van der Waals surface area contributed by atoms with Gasteiger partial charge in [0.25, 0.3) is 0 Å². The van der Waals surface area contributed by atoms with E-state index < -0.39 is 11.9 Å². The van der Waals surface area contributed by atoms with Crippen LogP contribution in [0.5, 0.6) is 0 Å². The normalized spacial score (nSPS) is 12.1. The van der Waals surface area contributed by atoms with Crippen molar-refractivity contribution in [2.24, 2.45) is 0 Å². The first kappa shape index (κ1) is 16.2. The van der Waals surface area contributed by atoms with Crippen molar-refractivity contribution in [1.29, 1.82) is 0 Å². The molecule has 0 aliphatic heterocycles. The molecule has 0 saturated carbocycles. The molecule has 0 aliphatic rings. The van der Waals surface area contributed by atoms with E-state index in [4.69, 9.17) is 0 Å². The Morgan fingerprint density at radius 3 is 2.41 bits per heavy atom. The van der Waals surface area contributed by atoms with Gasteiger partial charge in [0.05, 0.1) is 5.92 Å². The molecule has 0 fully saturated rings. The maximum Gasteiger partial charge on any atom is 0.310 e. The summed E-state index contributed by atoms with van der Waals surface area (Å²) in [6.07, 6.45) is 0.607. The molecular weight excluding hydrogens is 274 g/mol. The van der Waals surface area contributed by atoms with E-state index in [1.807, 2.05) is 31.2 Å². The number of carboxylic acids is 1. The summed E-state index contributed by atoms with van der Waals surface area (Å²) in [5, 5.41) is 12.7. The van der Waals surface area contributed by atoms with E-state index in [0.29, 0.717) is 6.42 Å². The third-order valence-electron chi connectivity index (χ3n) is 3.84. The quantitative estimate of drug-likeness (QED) is 0.816. The topological polar surface area (TPSA) is 49.3 Å². The zero-order chi connectivity index (χ0) is 15.9. The Kier molecular flexibility index (Phi) is 5.73. The molecule has 0 heterocycles. The highest BCUT2D eigenvalue weighted by atomic mass is 16.4. The molecule has 1 atom stereocenters. The SMILES string of the molecule is CCC(C(=O)O)c1cccc(CNCc2ccc(C)cc2)c1. The summed E-state index contributed by atoms with van der Waals surface area (Å²) >= 11 is 0. The molecule has 0 saturated heterocycles. The lowest BCUT2D eigenvalue weighted by Crippen LogP contribution is -2.14. The Hall–Kier alpha value is -2.13. The molecule has 3 heteroatoms. The Labute approximate surface area is 132 Å². The highest BCUT2D eigenvalue weighted by molar-refractivity contribution is 5.76. The predicted octanol–water partition coefficient (Wildman–Crippen LogP) is 3.86. The van der Waals surface area contributed by atoms with Gasteiger partial charge in [-0.15, -0.1) is 0 Å². The second kappa shape index (κ2) is 7.76. The van der Waals surface area contributed by atoms with E-state index in [2.05, 4.69) is 36.5 Å². The molecule has 0 aromatic heterocycles. The number of rotatable bonds is 7. The first-order valence-corrected chi connectivity index (χ1v) is 7.68. The van der Waals surface area contributed by atoms with Crippen molar-refractivity contribution in [2.45, 2.75) is 39.3 Å². The Bertz CT molecular complexity index is 620. The lowest BCUT2D eigenvalue weighted by atomic mass is 9.95. The van der Waals surface area contributed by atoms with Crippen LogP contribution in [-0.4, -0.2) is 11.1 Å². The third kappa shape index (κ3) is 4.43. The van der Waals surface area contributed by atoms with Crippen molar-refractivity contribution in [3.63, 3.8) is 0 Å². The van der Waals surface area contributed by atoms with E-state index in [1.54, 1.807) is 0 Å². The van der Waals surface area contributed by atoms with Gasteiger partial charge < -0.3 is 10.4 Å². The van der Waals surface area contributed by atoms with Crippen molar-refractivity contribution in [1.82, 2.24) is 5.32 Å². The number of benzene rings is 2. The molecule has 0 amide bonds. The lowest BCUT2D eigenvalue weighted by molar-refractivity contribution is -0.138. The van der Waals surface area contributed by atoms with Gasteiger partial charge in [0, 0.05) is 13.1 Å². The summed E-state index contributed by atoms with van der Waals surface area (Å²) < 4.78 is 0. The van der Waals surface area contributed by atoms with Gasteiger partial charge >= 0.3 is 5.97 Å².